The average Bonchev–Trinajstić information content (AvgIpc) is 3.23. The van der Waals surface area contributed by atoms with E-state index in [9.17, 15) is 23.9 Å². The molecule has 39 heavy (non-hydrogen) atoms. The van der Waals surface area contributed by atoms with Gasteiger partial charge < -0.3 is 25.6 Å². The van der Waals surface area contributed by atoms with Gasteiger partial charge in [-0.15, -0.1) is 0 Å². The van der Waals surface area contributed by atoms with Crippen LogP contribution in [-0.2, 0) is 9.59 Å². The molecule has 4 atom stereocenters. The number of rotatable bonds is 10. The molecule has 1 heterocycles. The van der Waals surface area contributed by atoms with Crippen LogP contribution >= 0.6 is 22.6 Å². The van der Waals surface area contributed by atoms with Crippen LogP contribution in [0.5, 0.6) is 5.75 Å². The molecular weight excluding hydrogens is 620 g/mol. The maximum atomic E-state index is 14.5. The van der Waals surface area contributed by atoms with Crippen molar-refractivity contribution in [3.63, 3.8) is 0 Å². The lowest BCUT2D eigenvalue weighted by Crippen LogP contribution is -2.50. The molecule has 3 aromatic rings. The summed E-state index contributed by atoms with van der Waals surface area (Å²) in [6, 6.07) is 16.5. The Morgan fingerprint density at radius 1 is 1.13 bits per heavy atom. The number of hydrogen-bond donors (Lipinski definition) is 4. The van der Waals surface area contributed by atoms with Crippen LogP contribution in [0.1, 0.15) is 30.0 Å². The summed E-state index contributed by atoms with van der Waals surface area (Å²) < 4.78 is 20.6. The molecule has 0 radical (unpaired) electrons. The first-order valence-corrected chi connectivity index (χ1v) is 13.2. The molecule has 4 rings (SSSR count). The first kappa shape index (κ1) is 28.5. The summed E-state index contributed by atoms with van der Waals surface area (Å²) in [5, 5.41) is 23.6. The fraction of sp³-hybridized carbons (Fsp3) is 0.250. The largest absolute Gasteiger partial charge is 0.491 e. The number of aliphatic hydroxyl groups excluding tert-OH is 2. The first-order chi connectivity index (χ1) is 18.7. The molecule has 0 spiro atoms. The van der Waals surface area contributed by atoms with Gasteiger partial charge in [0.05, 0.1) is 12.3 Å². The molecule has 1 unspecified atom stereocenters. The maximum Gasteiger partial charge on any atom is 0.325 e. The van der Waals surface area contributed by atoms with Gasteiger partial charge in [0.15, 0.2) is 0 Å². The Bertz CT molecular complexity index is 1340. The minimum Gasteiger partial charge on any atom is -0.491 e. The number of nitrogens with zero attached hydrogens (tertiary/aromatic N) is 1. The molecule has 11 heteroatoms. The molecule has 1 saturated heterocycles. The van der Waals surface area contributed by atoms with Gasteiger partial charge in [0, 0.05) is 9.49 Å². The lowest BCUT2D eigenvalue weighted by Gasteiger charge is -2.30. The summed E-state index contributed by atoms with van der Waals surface area (Å²) in [7, 11) is 0. The number of urea groups is 1. The zero-order valence-electron chi connectivity index (χ0n) is 20.9. The summed E-state index contributed by atoms with van der Waals surface area (Å²) in [6.07, 6.45) is -1.03. The fourth-order valence-corrected chi connectivity index (χ4v) is 4.74. The van der Waals surface area contributed by atoms with Gasteiger partial charge in [-0.05, 0) is 64.0 Å². The van der Waals surface area contributed by atoms with Crippen molar-refractivity contribution >= 4 is 46.1 Å². The van der Waals surface area contributed by atoms with E-state index in [0.717, 1.165) is 10.5 Å². The predicted molar refractivity (Wildman–Crippen MR) is 150 cm³/mol. The molecule has 1 aliphatic rings. The normalized spacial score (nSPS) is 17.4. The second-order valence-corrected chi connectivity index (χ2v) is 10.3. The summed E-state index contributed by atoms with van der Waals surface area (Å²) in [4.78, 5) is 41.2. The van der Waals surface area contributed by atoms with Crippen molar-refractivity contribution in [2.24, 2.45) is 0 Å². The SMILES string of the molecule is CC(c1ccccc1)[C@@H](C(=O)Nc1ccc(I)cc1F)N1C(=O)N[C@H](c2ccc(OC[C@H](O)CO)cc2)C1=O. The smallest absolute Gasteiger partial charge is 0.325 e. The number of hydrogen-bond acceptors (Lipinski definition) is 6. The Balaban J connectivity index is 1.60. The standard InChI is InChI=1S/C28H27FIN3O6/c1-16(17-5-3-2-4-6-17)25(26(36)31-23-12-9-19(30)13-22(23)29)33-27(37)24(32-28(33)38)18-7-10-21(11-8-18)39-15-20(35)14-34/h2-13,16,20,24-25,34-35H,14-15H2,1H3,(H,31,36)(H,32,38)/t16?,20-,24-,25+/m1/s1. The molecule has 0 bridgehead atoms. The molecule has 1 aliphatic heterocycles. The summed E-state index contributed by atoms with van der Waals surface area (Å²) in [5.74, 6) is -2.18. The average molecular weight is 647 g/mol. The van der Waals surface area contributed by atoms with Crippen LogP contribution in [0.4, 0.5) is 14.9 Å². The van der Waals surface area contributed by atoms with Crippen molar-refractivity contribution in [2.45, 2.75) is 31.0 Å². The number of carbonyl (C=O) groups is 3. The highest BCUT2D eigenvalue weighted by Gasteiger charge is 2.47. The third-order valence-electron chi connectivity index (χ3n) is 6.37. The molecule has 4 amide bonds. The molecule has 4 N–H and O–H groups in total. The molecule has 3 aromatic carbocycles. The number of imide groups is 1. The first-order valence-electron chi connectivity index (χ1n) is 12.2. The van der Waals surface area contributed by atoms with Gasteiger partial charge in [-0.1, -0.05) is 49.4 Å². The van der Waals surface area contributed by atoms with E-state index in [4.69, 9.17) is 9.84 Å². The minimum absolute atomic E-state index is 0.0591. The number of nitrogens with one attached hydrogen (secondary N) is 2. The number of anilines is 1. The van der Waals surface area contributed by atoms with Crippen molar-refractivity contribution in [2.75, 3.05) is 18.5 Å². The minimum atomic E-state index is -1.27. The third-order valence-corrected chi connectivity index (χ3v) is 7.04. The Hall–Kier alpha value is -3.55. The monoisotopic (exact) mass is 647 g/mol. The second-order valence-electron chi connectivity index (χ2n) is 9.06. The molecule has 0 aliphatic carbocycles. The molecule has 9 nitrogen and oxygen atoms in total. The van der Waals surface area contributed by atoms with Crippen molar-refractivity contribution in [1.29, 1.82) is 0 Å². The predicted octanol–water partition coefficient (Wildman–Crippen LogP) is 3.57. The Morgan fingerprint density at radius 2 is 1.82 bits per heavy atom. The van der Waals surface area contributed by atoms with Gasteiger partial charge in [-0.25, -0.2) is 14.1 Å². The molecule has 1 fully saturated rings. The number of aliphatic hydroxyl groups is 2. The van der Waals surface area contributed by atoms with Gasteiger partial charge >= 0.3 is 6.03 Å². The van der Waals surface area contributed by atoms with Crippen LogP contribution in [0.3, 0.4) is 0 Å². The fourth-order valence-electron chi connectivity index (χ4n) is 4.29. The van der Waals surface area contributed by atoms with E-state index in [-0.39, 0.29) is 12.3 Å². The highest BCUT2D eigenvalue weighted by Crippen LogP contribution is 2.32. The van der Waals surface area contributed by atoms with E-state index in [2.05, 4.69) is 10.6 Å². The number of amides is 4. The summed E-state index contributed by atoms with van der Waals surface area (Å²) in [5.41, 5.74) is 1.12. The molecule has 0 saturated carbocycles. The van der Waals surface area contributed by atoms with Gasteiger partial charge in [-0.2, -0.15) is 0 Å². The van der Waals surface area contributed by atoms with Crippen molar-refractivity contribution in [1.82, 2.24) is 10.2 Å². The van der Waals surface area contributed by atoms with Crippen molar-refractivity contribution in [3.8, 4) is 5.75 Å². The summed E-state index contributed by atoms with van der Waals surface area (Å²) in [6.45, 7) is 1.17. The number of carbonyl (C=O) groups excluding carboxylic acids is 3. The topological polar surface area (TPSA) is 128 Å². The number of ether oxygens (including phenoxy) is 1. The van der Waals surface area contributed by atoms with E-state index in [1.807, 2.05) is 28.7 Å². The van der Waals surface area contributed by atoms with E-state index in [1.165, 1.54) is 12.1 Å². The van der Waals surface area contributed by atoms with E-state index >= 15 is 0 Å². The lowest BCUT2D eigenvalue weighted by molar-refractivity contribution is -0.134. The van der Waals surface area contributed by atoms with Crippen LogP contribution < -0.4 is 15.4 Å². The van der Waals surface area contributed by atoms with Crippen LogP contribution in [0.25, 0.3) is 0 Å². The van der Waals surface area contributed by atoms with Crippen molar-refractivity contribution < 1.29 is 33.7 Å². The van der Waals surface area contributed by atoms with Gasteiger partial charge in [-0.3, -0.25) is 9.59 Å². The zero-order chi connectivity index (χ0) is 28.1. The van der Waals surface area contributed by atoms with Crippen LogP contribution in [0.15, 0.2) is 72.8 Å². The van der Waals surface area contributed by atoms with Gasteiger partial charge in [0.1, 0.15) is 36.4 Å². The van der Waals surface area contributed by atoms with Crippen LogP contribution in [-0.4, -0.2) is 58.3 Å². The molecular formula is C28H27FIN3O6. The summed E-state index contributed by atoms with van der Waals surface area (Å²) >= 11 is 1.95. The number of benzene rings is 3. The second kappa shape index (κ2) is 12.5. The quantitative estimate of drug-likeness (QED) is 0.197. The van der Waals surface area contributed by atoms with E-state index < -0.39 is 54.4 Å². The molecule has 204 valence electrons. The highest BCUT2D eigenvalue weighted by molar-refractivity contribution is 14.1. The Labute approximate surface area is 238 Å². The zero-order valence-corrected chi connectivity index (χ0v) is 23.0. The van der Waals surface area contributed by atoms with E-state index in [1.54, 1.807) is 61.5 Å². The van der Waals surface area contributed by atoms with Gasteiger partial charge in [0.2, 0.25) is 5.91 Å². The van der Waals surface area contributed by atoms with E-state index in [0.29, 0.717) is 14.9 Å². The van der Waals surface area contributed by atoms with Gasteiger partial charge in [0.25, 0.3) is 5.91 Å². The Kier molecular flexibility index (Phi) is 9.15. The highest BCUT2D eigenvalue weighted by atomic mass is 127. The Morgan fingerprint density at radius 3 is 2.46 bits per heavy atom. The van der Waals surface area contributed by atoms with Crippen molar-refractivity contribution in [3.05, 3.63) is 93.3 Å². The number of halogens is 2. The lowest BCUT2D eigenvalue weighted by atomic mass is 9.91. The van der Waals surface area contributed by atoms with Crippen LogP contribution in [0, 0.1) is 9.39 Å². The molecule has 0 aromatic heterocycles. The third kappa shape index (κ3) is 6.54. The maximum absolute atomic E-state index is 14.5. The van der Waals surface area contributed by atoms with Crippen LogP contribution in [0.2, 0.25) is 0 Å².